The summed E-state index contributed by atoms with van der Waals surface area (Å²) in [6, 6.07) is 5.19. The third kappa shape index (κ3) is 4.54. The largest absolute Gasteiger partial charge is 0.506 e. The number of phenolic OH excluding ortho intramolecular Hbond substituents is 1. The first-order valence-electron chi connectivity index (χ1n) is 5.94. The molecule has 0 saturated heterocycles. The van der Waals surface area contributed by atoms with Crippen LogP contribution in [0.3, 0.4) is 0 Å². The lowest BCUT2D eigenvalue weighted by molar-refractivity contribution is 0.169. The van der Waals surface area contributed by atoms with E-state index in [1.807, 2.05) is 0 Å². The van der Waals surface area contributed by atoms with E-state index in [9.17, 15) is 10.2 Å². The van der Waals surface area contributed by atoms with Gasteiger partial charge in [-0.2, -0.15) is 0 Å². The van der Waals surface area contributed by atoms with E-state index in [0.29, 0.717) is 23.2 Å². The van der Waals surface area contributed by atoms with Crippen LogP contribution in [0.15, 0.2) is 18.2 Å². The maximum Gasteiger partial charge on any atom is 0.134 e. The molecule has 0 amide bonds. The molecular weight excluding hydrogens is 238 g/mol. The minimum absolute atomic E-state index is 0.00447. The molecule has 1 aromatic carbocycles. The lowest BCUT2D eigenvalue weighted by Gasteiger charge is -2.17. The number of nitrogens with one attached hydrogen (secondary N) is 1. The molecule has 17 heavy (non-hydrogen) atoms. The van der Waals surface area contributed by atoms with Crippen molar-refractivity contribution in [3.8, 4) is 5.75 Å². The summed E-state index contributed by atoms with van der Waals surface area (Å²) in [5, 5.41) is 22.9. The fourth-order valence-electron chi connectivity index (χ4n) is 1.70. The minimum atomic E-state index is -0.627. The maximum atomic E-state index is 9.94. The van der Waals surface area contributed by atoms with Gasteiger partial charge in [-0.3, -0.25) is 0 Å². The number of aromatic hydroxyl groups is 1. The average molecular weight is 258 g/mol. The first kappa shape index (κ1) is 14.3. The highest BCUT2D eigenvalue weighted by atomic mass is 35.5. The van der Waals surface area contributed by atoms with Gasteiger partial charge in [0.2, 0.25) is 0 Å². The normalized spacial score (nSPS) is 14.6. The summed E-state index contributed by atoms with van der Waals surface area (Å²) in [6.45, 7) is 4.70. The molecule has 0 aliphatic heterocycles. The van der Waals surface area contributed by atoms with Gasteiger partial charge in [0.1, 0.15) is 5.75 Å². The Morgan fingerprint density at radius 1 is 1.41 bits per heavy atom. The molecule has 2 unspecified atom stereocenters. The average Bonchev–Trinajstić information content (AvgIpc) is 2.30. The summed E-state index contributed by atoms with van der Waals surface area (Å²) < 4.78 is 0. The van der Waals surface area contributed by atoms with Crippen molar-refractivity contribution in [2.75, 3.05) is 6.54 Å². The number of aliphatic hydroxyl groups excluding tert-OH is 1. The zero-order valence-corrected chi connectivity index (χ0v) is 11.0. The van der Waals surface area contributed by atoms with E-state index in [2.05, 4.69) is 19.2 Å². The van der Waals surface area contributed by atoms with E-state index in [4.69, 9.17) is 11.6 Å². The van der Waals surface area contributed by atoms with Gasteiger partial charge in [-0.25, -0.2) is 0 Å². The molecule has 0 aromatic heterocycles. The number of phenols is 1. The van der Waals surface area contributed by atoms with Gasteiger partial charge in [0.15, 0.2) is 0 Å². The Kier molecular flexibility index (Phi) is 5.75. The van der Waals surface area contributed by atoms with Crippen molar-refractivity contribution in [1.29, 1.82) is 0 Å². The van der Waals surface area contributed by atoms with Crippen LogP contribution in [0, 0.1) is 0 Å². The second-order valence-electron chi connectivity index (χ2n) is 4.32. The molecule has 0 spiro atoms. The molecule has 1 aromatic rings. The second-order valence-corrected chi connectivity index (χ2v) is 4.73. The Hall–Kier alpha value is -0.770. The van der Waals surface area contributed by atoms with Gasteiger partial charge >= 0.3 is 0 Å². The quantitative estimate of drug-likeness (QED) is 0.735. The lowest BCUT2D eigenvalue weighted by Crippen LogP contribution is -2.30. The Balaban J connectivity index is 2.52. The first-order chi connectivity index (χ1) is 8.04. The third-order valence-electron chi connectivity index (χ3n) is 2.74. The van der Waals surface area contributed by atoms with Crippen LogP contribution in [0.25, 0.3) is 0 Å². The van der Waals surface area contributed by atoms with Crippen molar-refractivity contribution >= 4 is 11.6 Å². The second kappa shape index (κ2) is 6.84. The molecule has 0 aliphatic rings. The molecule has 0 aliphatic carbocycles. The van der Waals surface area contributed by atoms with Gasteiger partial charge in [0.25, 0.3) is 0 Å². The van der Waals surface area contributed by atoms with Crippen molar-refractivity contribution in [3.63, 3.8) is 0 Å². The summed E-state index contributed by atoms with van der Waals surface area (Å²) in [5.74, 6) is 0.00447. The zero-order valence-electron chi connectivity index (χ0n) is 10.3. The molecular formula is C13H20ClNO2. The number of hydrogen-bond acceptors (Lipinski definition) is 3. The zero-order chi connectivity index (χ0) is 12.8. The van der Waals surface area contributed by atoms with Crippen molar-refractivity contribution in [1.82, 2.24) is 5.32 Å². The van der Waals surface area contributed by atoms with E-state index in [1.54, 1.807) is 12.1 Å². The summed E-state index contributed by atoms with van der Waals surface area (Å²) >= 11 is 5.71. The highest BCUT2D eigenvalue weighted by molar-refractivity contribution is 6.32. The van der Waals surface area contributed by atoms with Crippen molar-refractivity contribution in [2.24, 2.45) is 0 Å². The molecule has 0 saturated carbocycles. The molecule has 0 heterocycles. The van der Waals surface area contributed by atoms with Crippen LogP contribution in [-0.4, -0.2) is 22.8 Å². The lowest BCUT2D eigenvalue weighted by atomic mass is 10.1. The number of benzene rings is 1. The fourth-order valence-corrected chi connectivity index (χ4v) is 1.82. The van der Waals surface area contributed by atoms with Gasteiger partial charge in [-0.1, -0.05) is 31.0 Å². The number of hydrogen-bond donors (Lipinski definition) is 3. The van der Waals surface area contributed by atoms with Crippen molar-refractivity contribution in [3.05, 3.63) is 28.8 Å². The molecule has 0 fully saturated rings. The monoisotopic (exact) mass is 257 g/mol. The molecule has 96 valence electrons. The van der Waals surface area contributed by atoms with E-state index in [1.165, 1.54) is 6.07 Å². The maximum absolute atomic E-state index is 9.94. The van der Waals surface area contributed by atoms with Crippen LogP contribution in [0.2, 0.25) is 5.02 Å². The summed E-state index contributed by atoms with van der Waals surface area (Å²) in [6.07, 6.45) is 1.57. The smallest absolute Gasteiger partial charge is 0.134 e. The number of aliphatic hydroxyl groups is 1. The molecule has 4 heteroatoms. The molecule has 0 radical (unpaired) electrons. The predicted octanol–water partition coefficient (Wildman–Crippen LogP) is 2.86. The van der Waals surface area contributed by atoms with E-state index < -0.39 is 6.10 Å². The molecule has 0 bridgehead atoms. The topological polar surface area (TPSA) is 52.5 Å². The van der Waals surface area contributed by atoms with E-state index in [0.717, 1.165) is 12.8 Å². The van der Waals surface area contributed by atoms with Crippen LogP contribution in [0.4, 0.5) is 0 Å². The molecule has 3 N–H and O–H groups in total. The van der Waals surface area contributed by atoms with Crippen molar-refractivity contribution in [2.45, 2.75) is 38.8 Å². The predicted molar refractivity (Wildman–Crippen MR) is 70.4 cm³/mol. The van der Waals surface area contributed by atoms with Gasteiger partial charge in [0, 0.05) is 12.6 Å². The van der Waals surface area contributed by atoms with Gasteiger partial charge in [-0.15, -0.1) is 0 Å². The molecule has 1 rings (SSSR count). The highest BCUT2D eigenvalue weighted by Gasteiger charge is 2.10. The van der Waals surface area contributed by atoms with Crippen LogP contribution in [0.5, 0.6) is 5.75 Å². The van der Waals surface area contributed by atoms with Gasteiger partial charge in [-0.05, 0) is 31.0 Å². The number of halogens is 1. The molecule has 3 nitrogen and oxygen atoms in total. The first-order valence-corrected chi connectivity index (χ1v) is 6.32. The highest BCUT2D eigenvalue weighted by Crippen LogP contribution is 2.26. The third-order valence-corrected chi connectivity index (χ3v) is 3.06. The minimum Gasteiger partial charge on any atom is -0.506 e. The standard InChI is InChI=1S/C13H20ClNO2/c1-3-4-9(2)15-8-13(17)10-5-6-11(14)12(16)7-10/h5-7,9,13,15-17H,3-4,8H2,1-2H3. The summed E-state index contributed by atoms with van der Waals surface area (Å²) in [5.41, 5.74) is 0.670. The van der Waals surface area contributed by atoms with Crippen molar-refractivity contribution < 1.29 is 10.2 Å². The van der Waals surface area contributed by atoms with Crippen LogP contribution in [0.1, 0.15) is 38.4 Å². The number of rotatable bonds is 6. The van der Waals surface area contributed by atoms with Crippen LogP contribution >= 0.6 is 11.6 Å². The van der Waals surface area contributed by atoms with Gasteiger partial charge < -0.3 is 15.5 Å². The van der Waals surface area contributed by atoms with E-state index in [-0.39, 0.29) is 5.75 Å². The summed E-state index contributed by atoms with van der Waals surface area (Å²) in [7, 11) is 0. The Morgan fingerprint density at radius 2 is 2.12 bits per heavy atom. The van der Waals surface area contributed by atoms with Crippen LogP contribution < -0.4 is 5.32 Å². The Labute approximate surface area is 107 Å². The SMILES string of the molecule is CCCC(C)NCC(O)c1ccc(Cl)c(O)c1. The van der Waals surface area contributed by atoms with Crippen LogP contribution in [-0.2, 0) is 0 Å². The van der Waals surface area contributed by atoms with Gasteiger partial charge in [0.05, 0.1) is 11.1 Å². The van der Waals surface area contributed by atoms with E-state index >= 15 is 0 Å². The summed E-state index contributed by atoms with van der Waals surface area (Å²) in [4.78, 5) is 0. The Morgan fingerprint density at radius 3 is 2.71 bits per heavy atom. The molecule has 2 atom stereocenters. The Bertz CT molecular complexity index is 357. The fraction of sp³-hybridized carbons (Fsp3) is 0.538.